The molecule has 2 aromatic carbocycles. The molecule has 0 aromatic heterocycles. The summed E-state index contributed by atoms with van der Waals surface area (Å²) in [7, 11) is -2.56. The van der Waals surface area contributed by atoms with E-state index in [-0.39, 0.29) is 28.9 Å². The summed E-state index contributed by atoms with van der Waals surface area (Å²) in [6.07, 6.45) is 2.03. The molecule has 0 spiro atoms. The van der Waals surface area contributed by atoms with Crippen molar-refractivity contribution in [2.45, 2.75) is 56.9 Å². The highest BCUT2D eigenvalue weighted by Crippen LogP contribution is 2.28. The van der Waals surface area contributed by atoms with Crippen molar-refractivity contribution in [2.75, 3.05) is 13.7 Å². The maximum atomic E-state index is 13.3. The van der Waals surface area contributed by atoms with Gasteiger partial charge in [0, 0.05) is 6.54 Å². The van der Waals surface area contributed by atoms with Gasteiger partial charge in [0.25, 0.3) is 0 Å². The number of rotatable bonds is 11. The quantitative estimate of drug-likeness (QED) is 0.531. The van der Waals surface area contributed by atoms with E-state index in [4.69, 9.17) is 4.74 Å². The summed E-state index contributed by atoms with van der Waals surface area (Å²) in [4.78, 5) is 12.8. The van der Waals surface area contributed by atoms with Crippen LogP contribution < -0.4 is 14.8 Å². The Morgan fingerprint density at radius 3 is 2.40 bits per heavy atom. The van der Waals surface area contributed by atoms with Gasteiger partial charge in [0.15, 0.2) is 0 Å². The van der Waals surface area contributed by atoms with Gasteiger partial charge < -0.3 is 10.1 Å². The largest absolute Gasteiger partial charge is 0.495 e. The van der Waals surface area contributed by atoms with Gasteiger partial charge in [-0.15, -0.1) is 0 Å². The molecule has 1 amide bonds. The summed E-state index contributed by atoms with van der Waals surface area (Å²) < 4.78 is 34.4. The zero-order valence-corrected chi connectivity index (χ0v) is 19.0. The van der Waals surface area contributed by atoms with Crippen molar-refractivity contribution in [3.8, 4) is 5.75 Å². The normalized spacial score (nSPS) is 12.6. The first-order valence-corrected chi connectivity index (χ1v) is 11.8. The molecule has 1 unspecified atom stereocenters. The molecule has 0 radical (unpaired) electrons. The highest BCUT2D eigenvalue weighted by atomic mass is 32.2. The lowest BCUT2D eigenvalue weighted by Crippen LogP contribution is -2.48. The van der Waals surface area contributed by atoms with Crippen LogP contribution in [0.3, 0.4) is 0 Å². The van der Waals surface area contributed by atoms with Gasteiger partial charge in [-0.25, -0.2) is 8.42 Å². The lowest BCUT2D eigenvalue weighted by molar-refractivity contribution is -0.122. The molecule has 30 heavy (non-hydrogen) atoms. The van der Waals surface area contributed by atoms with Crippen molar-refractivity contribution in [3.05, 3.63) is 59.7 Å². The molecule has 0 saturated heterocycles. The molecule has 6 nitrogen and oxygen atoms in total. The number of nitrogens with one attached hydrogen (secondary N) is 2. The van der Waals surface area contributed by atoms with E-state index in [0.29, 0.717) is 6.54 Å². The molecule has 7 heteroatoms. The maximum Gasteiger partial charge on any atom is 0.245 e. The van der Waals surface area contributed by atoms with Gasteiger partial charge in [-0.1, -0.05) is 63.6 Å². The lowest BCUT2D eigenvalue weighted by Gasteiger charge is -2.20. The number of benzene rings is 2. The molecule has 1 atom stereocenters. The number of ether oxygens (including phenoxy) is 1. The third-order valence-electron chi connectivity index (χ3n) is 4.87. The highest BCUT2D eigenvalue weighted by Gasteiger charge is 2.28. The molecule has 0 saturated carbocycles. The maximum absolute atomic E-state index is 13.3. The van der Waals surface area contributed by atoms with E-state index in [1.54, 1.807) is 12.1 Å². The summed E-state index contributed by atoms with van der Waals surface area (Å²) in [5, 5.41) is 2.84. The van der Waals surface area contributed by atoms with Gasteiger partial charge in [-0.05, 0) is 42.0 Å². The van der Waals surface area contributed by atoms with E-state index < -0.39 is 16.1 Å². The van der Waals surface area contributed by atoms with Crippen LogP contribution >= 0.6 is 0 Å². The van der Waals surface area contributed by atoms with E-state index in [1.807, 2.05) is 57.2 Å². The lowest BCUT2D eigenvalue weighted by atomic mass is 10.0. The molecule has 0 heterocycles. The Balaban J connectivity index is 2.34. The van der Waals surface area contributed by atoms with Crippen LogP contribution in [0.4, 0.5) is 0 Å². The Bertz CT molecular complexity index is 927. The van der Waals surface area contributed by atoms with Crippen molar-refractivity contribution in [1.29, 1.82) is 0 Å². The monoisotopic (exact) mass is 432 g/mol. The molecule has 164 valence electrons. The first-order chi connectivity index (χ1) is 14.3. The second-order valence-corrected chi connectivity index (χ2v) is 9.26. The van der Waals surface area contributed by atoms with E-state index in [1.165, 1.54) is 7.11 Å². The van der Waals surface area contributed by atoms with Crippen LogP contribution in [0.15, 0.2) is 53.4 Å². The summed E-state index contributed by atoms with van der Waals surface area (Å²) in [5.41, 5.74) is 1.75. The van der Waals surface area contributed by atoms with Crippen molar-refractivity contribution >= 4 is 15.9 Å². The summed E-state index contributed by atoms with van der Waals surface area (Å²) in [5.74, 6) is 0.0638. The minimum Gasteiger partial charge on any atom is -0.495 e. The molecule has 0 fully saturated rings. The number of amides is 1. The summed E-state index contributed by atoms with van der Waals surface area (Å²) in [6.45, 7) is 6.52. The number of unbranched alkanes of at least 4 members (excludes halogenated alkanes) is 1. The fourth-order valence-corrected chi connectivity index (χ4v) is 4.46. The standard InChI is InChI=1S/C23H32N2O4S/c1-5-6-14-24-23(26)20(15-18-10-8-7-9-11-18)25-30(27,28)22-16-19(17(2)3)12-13-21(22)29-4/h7-13,16-17,20,25H,5-6,14-15H2,1-4H3,(H,24,26). The van der Waals surface area contributed by atoms with Gasteiger partial charge in [0.2, 0.25) is 15.9 Å². The van der Waals surface area contributed by atoms with E-state index >= 15 is 0 Å². The van der Waals surface area contributed by atoms with E-state index in [2.05, 4.69) is 10.0 Å². The van der Waals surface area contributed by atoms with Crippen molar-refractivity contribution in [1.82, 2.24) is 10.0 Å². The van der Waals surface area contributed by atoms with Gasteiger partial charge in [0.05, 0.1) is 7.11 Å². The average Bonchev–Trinajstić information content (AvgIpc) is 2.73. The van der Waals surface area contributed by atoms with Gasteiger partial charge in [-0.3, -0.25) is 4.79 Å². The highest BCUT2D eigenvalue weighted by molar-refractivity contribution is 7.89. The molecular formula is C23H32N2O4S. The molecule has 0 aliphatic carbocycles. The van der Waals surface area contributed by atoms with E-state index in [9.17, 15) is 13.2 Å². The predicted molar refractivity (Wildman–Crippen MR) is 119 cm³/mol. The predicted octanol–water partition coefficient (Wildman–Crippen LogP) is 3.62. The molecule has 0 bridgehead atoms. The zero-order chi connectivity index (χ0) is 22.1. The SMILES string of the molecule is CCCCNC(=O)C(Cc1ccccc1)NS(=O)(=O)c1cc(C(C)C)ccc1OC. The number of sulfonamides is 1. The van der Waals surface area contributed by atoms with Crippen LogP contribution in [0.1, 0.15) is 50.7 Å². The van der Waals surface area contributed by atoms with Crippen LogP contribution in [-0.4, -0.2) is 34.0 Å². The molecule has 0 aliphatic rings. The molecule has 0 aliphatic heterocycles. The first kappa shape index (κ1) is 23.9. The first-order valence-electron chi connectivity index (χ1n) is 10.3. The van der Waals surface area contributed by atoms with Gasteiger partial charge >= 0.3 is 0 Å². The van der Waals surface area contributed by atoms with Gasteiger partial charge in [0.1, 0.15) is 16.7 Å². The number of hydrogen-bond donors (Lipinski definition) is 2. The topological polar surface area (TPSA) is 84.5 Å². The van der Waals surface area contributed by atoms with Crippen molar-refractivity contribution < 1.29 is 17.9 Å². The second kappa shape index (κ2) is 11.1. The number of hydrogen-bond acceptors (Lipinski definition) is 4. The third kappa shape index (κ3) is 6.57. The van der Waals surface area contributed by atoms with Crippen LogP contribution in [0.5, 0.6) is 5.75 Å². The number of carbonyl (C=O) groups is 1. The van der Waals surface area contributed by atoms with Crippen LogP contribution in [0, 0.1) is 0 Å². The fraction of sp³-hybridized carbons (Fsp3) is 0.435. The van der Waals surface area contributed by atoms with Crippen LogP contribution in [-0.2, 0) is 21.2 Å². The van der Waals surface area contributed by atoms with Gasteiger partial charge in [-0.2, -0.15) is 4.72 Å². The minimum absolute atomic E-state index is 0.0376. The Morgan fingerprint density at radius 2 is 1.80 bits per heavy atom. The van der Waals surface area contributed by atoms with E-state index in [0.717, 1.165) is 24.0 Å². The Morgan fingerprint density at radius 1 is 1.10 bits per heavy atom. The summed E-state index contributed by atoms with van der Waals surface area (Å²) >= 11 is 0. The second-order valence-electron chi connectivity index (χ2n) is 7.57. The van der Waals surface area contributed by atoms with Crippen molar-refractivity contribution in [2.24, 2.45) is 0 Å². The Labute approximate surface area is 180 Å². The Hall–Kier alpha value is -2.38. The molecule has 2 rings (SSSR count). The fourth-order valence-electron chi connectivity index (χ4n) is 3.06. The van der Waals surface area contributed by atoms with Crippen LogP contribution in [0.25, 0.3) is 0 Å². The Kier molecular flexibility index (Phi) is 8.87. The summed E-state index contributed by atoms with van der Waals surface area (Å²) in [6, 6.07) is 13.5. The smallest absolute Gasteiger partial charge is 0.245 e. The average molecular weight is 433 g/mol. The minimum atomic E-state index is -3.99. The molecular weight excluding hydrogens is 400 g/mol. The number of carbonyl (C=O) groups excluding carboxylic acids is 1. The molecule has 2 N–H and O–H groups in total. The number of methoxy groups -OCH3 is 1. The zero-order valence-electron chi connectivity index (χ0n) is 18.1. The molecule has 2 aromatic rings. The van der Waals surface area contributed by atoms with Crippen molar-refractivity contribution in [3.63, 3.8) is 0 Å². The van der Waals surface area contributed by atoms with Crippen LogP contribution in [0.2, 0.25) is 0 Å². The third-order valence-corrected chi connectivity index (χ3v) is 6.36.